The number of aliphatic hydroxyl groups excluding tert-OH is 1. The lowest BCUT2D eigenvalue weighted by atomic mass is 10.2. The zero-order valence-electron chi connectivity index (χ0n) is 11.6. The summed E-state index contributed by atoms with van der Waals surface area (Å²) >= 11 is 1.77. The van der Waals surface area contributed by atoms with Gasteiger partial charge in [-0.2, -0.15) is 0 Å². The molecule has 0 bridgehead atoms. The van der Waals surface area contributed by atoms with Crippen molar-refractivity contribution in [3.63, 3.8) is 0 Å². The predicted molar refractivity (Wildman–Crippen MR) is 80.5 cm³/mol. The molecule has 2 aromatic rings. The van der Waals surface area contributed by atoms with Crippen LogP contribution in [0, 0.1) is 0 Å². The van der Waals surface area contributed by atoms with Crippen molar-refractivity contribution in [1.29, 1.82) is 0 Å². The monoisotopic (exact) mass is 276 g/mol. The SMILES string of the molecule is CC(O)c1ccc(N(Cc2cccs2)C(C)C)cn1. The molecule has 0 aliphatic rings. The molecule has 102 valence electrons. The van der Waals surface area contributed by atoms with Crippen LogP contribution >= 0.6 is 11.3 Å². The second-order valence-corrected chi connectivity index (χ2v) is 5.95. The molecule has 0 aromatic carbocycles. The van der Waals surface area contributed by atoms with E-state index in [2.05, 4.69) is 41.2 Å². The lowest BCUT2D eigenvalue weighted by molar-refractivity contribution is 0.194. The number of aromatic nitrogens is 1. The van der Waals surface area contributed by atoms with Crippen LogP contribution in [0.1, 0.15) is 37.4 Å². The van der Waals surface area contributed by atoms with E-state index in [1.165, 1.54) is 4.88 Å². The van der Waals surface area contributed by atoms with Crippen molar-refractivity contribution in [2.24, 2.45) is 0 Å². The number of hydrogen-bond acceptors (Lipinski definition) is 4. The normalized spacial score (nSPS) is 12.7. The standard InChI is InChI=1S/C15H20N2OS/c1-11(2)17(10-14-5-4-8-19-14)13-6-7-15(12(3)18)16-9-13/h4-9,11-12,18H,10H2,1-3H3. The molecule has 2 rings (SSSR count). The molecule has 2 heterocycles. The highest BCUT2D eigenvalue weighted by molar-refractivity contribution is 7.09. The molecule has 0 saturated heterocycles. The minimum absolute atomic E-state index is 0.404. The predicted octanol–water partition coefficient (Wildman–Crippen LogP) is 3.61. The summed E-state index contributed by atoms with van der Waals surface area (Å²) in [5.74, 6) is 0. The van der Waals surface area contributed by atoms with Crippen molar-refractivity contribution in [3.05, 3.63) is 46.4 Å². The Bertz CT molecular complexity index is 491. The van der Waals surface area contributed by atoms with Crippen molar-refractivity contribution >= 4 is 17.0 Å². The first kappa shape index (κ1) is 14.0. The molecule has 2 aromatic heterocycles. The van der Waals surface area contributed by atoms with E-state index >= 15 is 0 Å². The van der Waals surface area contributed by atoms with E-state index in [1.807, 2.05) is 18.3 Å². The van der Waals surface area contributed by atoms with Gasteiger partial charge in [0.2, 0.25) is 0 Å². The van der Waals surface area contributed by atoms with Gasteiger partial charge in [0.15, 0.2) is 0 Å². The first-order chi connectivity index (χ1) is 9.08. The lowest BCUT2D eigenvalue weighted by Gasteiger charge is -2.28. The Morgan fingerprint density at radius 3 is 2.53 bits per heavy atom. The third-order valence-electron chi connectivity index (χ3n) is 3.06. The molecule has 0 spiro atoms. The van der Waals surface area contributed by atoms with Gasteiger partial charge in [-0.25, -0.2) is 0 Å². The molecule has 1 N–H and O–H groups in total. The number of pyridine rings is 1. The largest absolute Gasteiger partial charge is 0.387 e. The van der Waals surface area contributed by atoms with Crippen LogP contribution in [0.25, 0.3) is 0 Å². The van der Waals surface area contributed by atoms with Gasteiger partial charge in [0, 0.05) is 10.9 Å². The van der Waals surface area contributed by atoms with Gasteiger partial charge >= 0.3 is 0 Å². The number of anilines is 1. The highest BCUT2D eigenvalue weighted by Crippen LogP contribution is 2.22. The van der Waals surface area contributed by atoms with Gasteiger partial charge in [-0.1, -0.05) is 6.07 Å². The molecule has 0 radical (unpaired) electrons. The Balaban J connectivity index is 2.19. The fraction of sp³-hybridized carbons (Fsp3) is 0.400. The number of hydrogen-bond donors (Lipinski definition) is 1. The summed E-state index contributed by atoms with van der Waals surface area (Å²) in [5, 5.41) is 11.6. The molecule has 4 heteroatoms. The Kier molecular flexibility index (Phi) is 4.56. The van der Waals surface area contributed by atoms with Crippen molar-refractivity contribution in [3.8, 4) is 0 Å². The van der Waals surface area contributed by atoms with Crippen LogP contribution in [-0.2, 0) is 6.54 Å². The van der Waals surface area contributed by atoms with Gasteiger partial charge in [0.25, 0.3) is 0 Å². The van der Waals surface area contributed by atoms with Crippen molar-refractivity contribution in [2.75, 3.05) is 4.90 Å². The highest BCUT2D eigenvalue weighted by Gasteiger charge is 2.13. The average molecular weight is 276 g/mol. The Morgan fingerprint density at radius 2 is 2.05 bits per heavy atom. The van der Waals surface area contributed by atoms with Gasteiger partial charge in [-0.15, -0.1) is 11.3 Å². The van der Waals surface area contributed by atoms with E-state index in [0.717, 1.165) is 12.2 Å². The van der Waals surface area contributed by atoms with E-state index < -0.39 is 6.10 Å². The first-order valence-corrected chi connectivity index (χ1v) is 7.39. The van der Waals surface area contributed by atoms with E-state index in [9.17, 15) is 5.11 Å². The van der Waals surface area contributed by atoms with Crippen LogP contribution in [0.3, 0.4) is 0 Å². The fourth-order valence-corrected chi connectivity index (χ4v) is 2.66. The van der Waals surface area contributed by atoms with Gasteiger partial charge < -0.3 is 10.0 Å². The minimum atomic E-state index is -0.515. The van der Waals surface area contributed by atoms with Crippen LogP contribution in [0.2, 0.25) is 0 Å². The van der Waals surface area contributed by atoms with Gasteiger partial charge in [0.05, 0.1) is 30.2 Å². The third-order valence-corrected chi connectivity index (χ3v) is 3.92. The topological polar surface area (TPSA) is 36.4 Å². The third kappa shape index (κ3) is 3.55. The van der Waals surface area contributed by atoms with Crippen molar-refractivity contribution < 1.29 is 5.11 Å². The van der Waals surface area contributed by atoms with Gasteiger partial charge in [0.1, 0.15) is 0 Å². The van der Waals surface area contributed by atoms with Gasteiger partial charge in [-0.05, 0) is 44.4 Å². The molecule has 0 aliphatic heterocycles. The highest BCUT2D eigenvalue weighted by atomic mass is 32.1. The Labute approximate surface area is 118 Å². The minimum Gasteiger partial charge on any atom is -0.387 e. The van der Waals surface area contributed by atoms with E-state index in [-0.39, 0.29) is 0 Å². The van der Waals surface area contributed by atoms with E-state index in [1.54, 1.807) is 18.3 Å². The van der Waals surface area contributed by atoms with E-state index in [0.29, 0.717) is 11.7 Å². The summed E-state index contributed by atoms with van der Waals surface area (Å²) in [7, 11) is 0. The summed E-state index contributed by atoms with van der Waals surface area (Å²) in [6, 6.07) is 8.55. The number of aliphatic hydroxyl groups is 1. The molecule has 0 fully saturated rings. The summed E-state index contributed by atoms with van der Waals surface area (Å²) < 4.78 is 0. The quantitative estimate of drug-likeness (QED) is 0.906. The molecule has 3 nitrogen and oxygen atoms in total. The van der Waals surface area contributed by atoms with Gasteiger partial charge in [-0.3, -0.25) is 4.98 Å². The molecule has 1 unspecified atom stereocenters. The number of nitrogens with zero attached hydrogens (tertiary/aromatic N) is 2. The molecular formula is C15H20N2OS. The van der Waals surface area contributed by atoms with Crippen LogP contribution < -0.4 is 4.90 Å². The van der Waals surface area contributed by atoms with Crippen molar-refractivity contribution in [1.82, 2.24) is 4.98 Å². The lowest BCUT2D eigenvalue weighted by Crippen LogP contribution is -2.29. The molecule has 0 aliphatic carbocycles. The molecule has 19 heavy (non-hydrogen) atoms. The zero-order chi connectivity index (χ0) is 13.8. The number of thiophene rings is 1. The van der Waals surface area contributed by atoms with E-state index in [4.69, 9.17) is 0 Å². The molecule has 0 saturated carbocycles. The smallest absolute Gasteiger partial charge is 0.0931 e. The first-order valence-electron chi connectivity index (χ1n) is 6.51. The maximum absolute atomic E-state index is 9.50. The summed E-state index contributed by atoms with van der Waals surface area (Å²) in [5.41, 5.74) is 1.80. The molecule has 0 amide bonds. The van der Waals surface area contributed by atoms with Crippen molar-refractivity contribution in [2.45, 2.75) is 39.5 Å². The number of rotatable bonds is 5. The zero-order valence-corrected chi connectivity index (χ0v) is 12.4. The van der Waals surface area contributed by atoms with Crippen LogP contribution in [-0.4, -0.2) is 16.1 Å². The second-order valence-electron chi connectivity index (χ2n) is 4.92. The summed E-state index contributed by atoms with van der Waals surface area (Å²) in [6.45, 7) is 6.98. The Hall–Kier alpha value is -1.39. The average Bonchev–Trinajstić information content (AvgIpc) is 2.88. The van der Waals surface area contributed by atoms with Crippen LogP contribution in [0.15, 0.2) is 35.8 Å². The Morgan fingerprint density at radius 1 is 1.26 bits per heavy atom. The molecular weight excluding hydrogens is 256 g/mol. The van der Waals surface area contributed by atoms with Crippen LogP contribution in [0.4, 0.5) is 5.69 Å². The summed E-state index contributed by atoms with van der Waals surface area (Å²) in [6.07, 6.45) is 1.33. The summed E-state index contributed by atoms with van der Waals surface area (Å²) in [4.78, 5) is 7.97. The van der Waals surface area contributed by atoms with Crippen LogP contribution in [0.5, 0.6) is 0 Å². The fourth-order valence-electron chi connectivity index (χ4n) is 1.96. The maximum Gasteiger partial charge on any atom is 0.0931 e. The molecule has 1 atom stereocenters. The maximum atomic E-state index is 9.50. The second kappa shape index (κ2) is 6.17.